The molecule has 8 heteroatoms. The molecule has 3 aliphatic rings. The van der Waals surface area contributed by atoms with Crippen LogP contribution in [0.5, 0.6) is 0 Å². The lowest BCUT2D eigenvalue weighted by molar-refractivity contribution is 0.00964. The fourth-order valence-electron chi connectivity index (χ4n) is 4.42. The van der Waals surface area contributed by atoms with Gasteiger partial charge in [-0.1, -0.05) is 6.92 Å². The number of aliphatic hydroxyl groups excluding tert-OH is 2. The highest BCUT2D eigenvalue weighted by Gasteiger charge is 2.43. The van der Waals surface area contributed by atoms with Gasteiger partial charge in [0.2, 0.25) is 5.28 Å². The topological polar surface area (TPSA) is 96.1 Å². The average molecular weight is 378 g/mol. The van der Waals surface area contributed by atoms with Crippen LogP contribution in [-0.2, 0) is 0 Å². The maximum atomic E-state index is 10.4. The van der Waals surface area contributed by atoms with Gasteiger partial charge in [-0.25, -0.2) is 4.98 Å². The number of imidazole rings is 1. The van der Waals surface area contributed by atoms with Gasteiger partial charge in [-0.15, -0.1) is 0 Å². The summed E-state index contributed by atoms with van der Waals surface area (Å²) >= 11 is 6.21. The molecule has 0 aliphatic heterocycles. The van der Waals surface area contributed by atoms with Gasteiger partial charge in [0.15, 0.2) is 17.0 Å². The van der Waals surface area contributed by atoms with Crippen molar-refractivity contribution in [3.05, 3.63) is 11.6 Å². The van der Waals surface area contributed by atoms with Gasteiger partial charge >= 0.3 is 0 Å². The Balaban J connectivity index is 1.51. The van der Waals surface area contributed by atoms with Crippen molar-refractivity contribution in [1.82, 2.24) is 19.5 Å². The van der Waals surface area contributed by atoms with E-state index in [2.05, 4.69) is 20.3 Å². The Labute approximate surface area is 156 Å². The van der Waals surface area contributed by atoms with Crippen LogP contribution >= 0.6 is 11.6 Å². The van der Waals surface area contributed by atoms with E-state index in [0.717, 1.165) is 11.8 Å². The van der Waals surface area contributed by atoms with Gasteiger partial charge in [-0.05, 0) is 61.5 Å². The van der Waals surface area contributed by atoms with Crippen LogP contribution in [0.15, 0.2) is 6.33 Å². The van der Waals surface area contributed by atoms with Crippen LogP contribution in [0.4, 0.5) is 5.82 Å². The number of aliphatic hydroxyl groups is 2. The smallest absolute Gasteiger partial charge is 0.226 e. The summed E-state index contributed by atoms with van der Waals surface area (Å²) in [6.07, 6.45) is 5.87. The number of rotatable bonds is 5. The Kier molecular flexibility index (Phi) is 3.88. The normalized spacial score (nSPS) is 31.9. The standard InChI is InChI=1S/C18H24ClN5O2/c1-8-6-11(15(26)14(8)25)24-7-20-13-16(22-18(19)23-17(13)24)21-12(9-2-3-9)10-4-5-10/h7-12,14-15,25-26H,2-6H2,1H3,(H,21,22,23)/t8?,11-,14?,15-/m1/s1. The van der Waals surface area contributed by atoms with E-state index in [4.69, 9.17) is 11.6 Å². The Morgan fingerprint density at radius 1 is 1.15 bits per heavy atom. The van der Waals surface area contributed by atoms with E-state index in [1.165, 1.54) is 25.7 Å². The summed E-state index contributed by atoms with van der Waals surface area (Å²) in [5.74, 6) is 2.15. The molecule has 4 atom stereocenters. The van der Waals surface area contributed by atoms with Crippen molar-refractivity contribution >= 4 is 28.6 Å². The molecule has 0 bridgehead atoms. The Bertz CT molecular complexity index is 822. The number of nitrogens with zero attached hydrogens (tertiary/aromatic N) is 4. The molecule has 7 nitrogen and oxygen atoms in total. The Hall–Kier alpha value is -1.44. The second-order valence-electron chi connectivity index (χ2n) is 8.27. The van der Waals surface area contributed by atoms with Gasteiger partial charge in [-0.2, -0.15) is 9.97 Å². The van der Waals surface area contributed by atoms with Crippen molar-refractivity contribution in [3.63, 3.8) is 0 Å². The summed E-state index contributed by atoms with van der Waals surface area (Å²) in [5, 5.41) is 24.3. The van der Waals surface area contributed by atoms with Crippen LogP contribution in [0.2, 0.25) is 5.28 Å². The van der Waals surface area contributed by atoms with Crippen molar-refractivity contribution in [2.75, 3.05) is 5.32 Å². The fourth-order valence-corrected chi connectivity index (χ4v) is 4.59. The number of fused-ring (bicyclic) bond motifs is 1. The minimum Gasteiger partial charge on any atom is -0.390 e. The van der Waals surface area contributed by atoms with Crippen molar-refractivity contribution in [3.8, 4) is 0 Å². The van der Waals surface area contributed by atoms with Gasteiger partial charge in [0, 0.05) is 6.04 Å². The molecule has 3 aliphatic carbocycles. The van der Waals surface area contributed by atoms with Crippen LogP contribution in [0.3, 0.4) is 0 Å². The van der Waals surface area contributed by atoms with E-state index in [0.29, 0.717) is 29.4 Å². The van der Waals surface area contributed by atoms with Crippen molar-refractivity contribution < 1.29 is 10.2 Å². The second kappa shape index (κ2) is 6.04. The molecule has 2 heterocycles. The zero-order valence-electron chi connectivity index (χ0n) is 14.7. The molecule has 0 amide bonds. The van der Waals surface area contributed by atoms with Crippen LogP contribution in [-0.4, -0.2) is 48.0 Å². The number of aromatic nitrogens is 4. The monoisotopic (exact) mass is 377 g/mol. The first-order chi connectivity index (χ1) is 12.5. The predicted molar refractivity (Wildman–Crippen MR) is 98.0 cm³/mol. The molecule has 2 aromatic rings. The molecule has 3 fully saturated rings. The molecule has 3 N–H and O–H groups in total. The Morgan fingerprint density at radius 3 is 2.42 bits per heavy atom. The summed E-state index contributed by atoms with van der Waals surface area (Å²) < 4.78 is 1.84. The Morgan fingerprint density at radius 2 is 1.85 bits per heavy atom. The molecule has 3 saturated carbocycles. The van der Waals surface area contributed by atoms with E-state index in [9.17, 15) is 10.2 Å². The largest absolute Gasteiger partial charge is 0.390 e. The second-order valence-corrected chi connectivity index (χ2v) is 8.61. The molecule has 26 heavy (non-hydrogen) atoms. The van der Waals surface area contributed by atoms with Crippen LogP contribution in [0.25, 0.3) is 11.2 Å². The van der Waals surface area contributed by atoms with Gasteiger partial charge in [-0.3, -0.25) is 0 Å². The third-order valence-corrected chi connectivity index (χ3v) is 6.42. The number of nitrogens with one attached hydrogen (secondary N) is 1. The lowest BCUT2D eigenvalue weighted by atomic mass is 10.1. The quantitative estimate of drug-likeness (QED) is 0.692. The number of halogens is 1. The number of hydrogen-bond donors (Lipinski definition) is 3. The van der Waals surface area contributed by atoms with Crippen LogP contribution in [0, 0.1) is 17.8 Å². The van der Waals surface area contributed by atoms with E-state index in [1.807, 2.05) is 11.5 Å². The van der Waals surface area contributed by atoms with E-state index in [1.54, 1.807) is 6.33 Å². The van der Waals surface area contributed by atoms with Crippen molar-refractivity contribution in [2.45, 2.75) is 63.3 Å². The lowest BCUT2D eigenvalue weighted by Gasteiger charge is -2.20. The van der Waals surface area contributed by atoms with E-state index in [-0.39, 0.29) is 17.2 Å². The molecular weight excluding hydrogens is 354 g/mol. The molecule has 0 spiro atoms. The molecule has 2 aromatic heterocycles. The van der Waals surface area contributed by atoms with Crippen molar-refractivity contribution in [2.24, 2.45) is 17.8 Å². The van der Waals surface area contributed by atoms with Crippen molar-refractivity contribution in [1.29, 1.82) is 0 Å². The minimum absolute atomic E-state index is 0.0245. The van der Waals surface area contributed by atoms with E-state index < -0.39 is 12.2 Å². The molecular formula is C18H24ClN5O2. The molecule has 0 saturated heterocycles. The van der Waals surface area contributed by atoms with Gasteiger partial charge in [0.05, 0.1) is 18.5 Å². The molecule has 0 radical (unpaired) electrons. The zero-order valence-corrected chi connectivity index (χ0v) is 15.5. The molecule has 140 valence electrons. The van der Waals surface area contributed by atoms with Gasteiger partial charge in [0.25, 0.3) is 0 Å². The predicted octanol–water partition coefficient (Wildman–Crippen LogP) is 2.38. The SMILES string of the molecule is CC1C[C@@H](n2cnc3c(NC(C4CC4)C4CC4)nc(Cl)nc32)[C@@H](O)C1O. The molecule has 2 unspecified atom stereocenters. The first-order valence-corrected chi connectivity index (χ1v) is 9.93. The lowest BCUT2D eigenvalue weighted by Crippen LogP contribution is -2.28. The summed E-state index contributed by atoms with van der Waals surface area (Å²) in [6, 6.07) is 0.180. The zero-order chi connectivity index (χ0) is 18.0. The summed E-state index contributed by atoms with van der Waals surface area (Å²) in [6.45, 7) is 1.94. The third kappa shape index (κ3) is 2.77. The molecule has 0 aromatic carbocycles. The maximum Gasteiger partial charge on any atom is 0.226 e. The number of anilines is 1. The van der Waals surface area contributed by atoms with Crippen LogP contribution < -0.4 is 5.32 Å². The maximum absolute atomic E-state index is 10.4. The first-order valence-electron chi connectivity index (χ1n) is 9.55. The summed E-state index contributed by atoms with van der Waals surface area (Å²) in [5.41, 5.74) is 1.30. The summed E-state index contributed by atoms with van der Waals surface area (Å²) in [7, 11) is 0. The highest BCUT2D eigenvalue weighted by molar-refractivity contribution is 6.28. The van der Waals surface area contributed by atoms with E-state index >= 15 is 0 Å². The summed E-state index contributed by atoms with van der Waals surface area (Å²) in [4.78, 5) is 13.3. The fraction of sp³-hybridized carbons (Fsp3) is 0.722. The van der Waals surface area contributed by atoms with Crippen LogP contribution in [0.1, 0.15) is 45.1 Å². The third-order valence-electron chi connectivity index (χ3n) is 6.25. The first kappa shape index (κ1) is 16.7. The average Bonchev–Trinajstić information content (AvgIpc) is 3.53. The minimum atomic E-state index is -0.835. The highest BCUT2D eigenvalue weighted by atomic mass is 35.5. The van der Waals surface area contributed by atoms with Gasteiger partial charge in [0.1, 0.15) is 6.10 Å². The highest BCUT2D eigenvalue weighted by Crippen LogP contribution is 2.46. The van der Waals surface area contributed by atoms with Gasteiger partial charge < -0.3 is 20.1 Å². The number of hydrogen-bond acceptors (Lipinski definition) is 6. The molecule has 5 rings (SSSR count).